The molecule has 1 aromatic rings. The first-order chi connectivity index (χ1) is 11.0. The van der Waals surface area contributed by atoms with E-state index >= 15 is 0 Å². The highest BCUT2D eigenvalue weighted by Gasteiger charge is 2.27. The van der Waals surface area contributed by atoms with Crippen LogP contribution in [0.1, 0.15) is 38.7 Å². The van der Waals surface area contributed by atoms with E-state index in [1.807, 2.05) is 18.2 Å². The summed E-state index contributed by atoms with van der Waals surface area (Å²) >= 11 is 0. The van der Waals surface area contributed by atoms with Crippen LogP contribution < -0.4 is 14.8 Å². The second-order valence-corrected chi connectivity index (χ2v) is 6.32. The minimum Gasteiger partial charge on any atom is -0.497 e. The normalized spacial score (nSPS) is 24.4. The zero-order valence-corrected chi connectivity index (χ0v) is 14.5. The summed E-state index contributed by atoms with van der Waals surface area (Å²) in [5.74, 6) is 2.56. The van der Waals surface area contributed by atoms with Gasteiger partial charge in [-0.15, -0.1) is 0 Å². The van der Waals surface area contributed by atoms with Crippen molar-refractivity contribution in [2.24, 2.45) is 11.8 Å². The van der Waals surface area contributed by atoms with Gasteiger partial charge in [-0.05, 0) is 36.5 Å². The van der Waals surface area contributed by atoms with Gasteiger partial charge in [0.25, 0.3) is 0 Å². The van der Waals surface area contributed by atoms with Crippen LogP contribution in [0.15, 0.2) is 24.3 Å². The molecule has 1 amide bonds. The summed E-state index contributed by atoms with van der Waals surface area (Å²) in [6, 6.07) is 5.81. The fourth-order valence-electron chi connectivity index (χ4n) is 3.14. The Balaban J connectivity index is 2.01. The second kappa shape index (κ2) is 8.04. The number of methoxy groups -OCH3 is 2. The van der Waals surface area contributed by atoms with Crippen molar-refractivity contribution in [1.82, 2.24) is 5.32 Å². The maximum atomic E-state index is 12.2. The number of nitrogens with one attached hydrogen (secondary N) is 1. The largest absolute Gasteiger partial charge is 0.497 e. The minimum absolute atomic E-state index is 0.0474. The summed E-state index contributed by atoms with van der Waals surface area (Å²) in [7, 11) is 3.22. The molecule has 0 heterocycles. The van der Waals surface area contributed by atoms with E-state index in [4.69, 9.17) is 9.47 Å². The summed E-state index contributed by atoms with van der Waals surface area (Å²) < 4.78 is 10.5. The van der Waals surface area contributed by atoms with Crippen LogP contribution in [-0.4, -0.2) is 26.2 Å². The zero-order valence-electron chi connectivity index (χ0n) is 14.5. The van der Waals surface area contributed by atoms with E-state index in [2.05, 4.69) is 19.2 Å². The van der Waals surface area contributed by atoms with Gasteiger partial charge in [0.15, 0.2) is 0 Å². The lowest BCUT2D eigenvalue weighted by molar-refractivity contribution is -0.117. The number of hydrogen-bond donors (Lipinski definition) is 1. The highest BCUT2D eigenvalue weighted by atomic mass is 16.5. The predicted molar refractivity (Wildman–Crippen MR) is 92.7 cm³/mol. The summed E-state index contributed by atoms with van der Waals surface area (Å²) in [5, 5.41) is 3.14. The Morgan fingerprint density at radius 2 is 2.00 bits per heavy atom. The van der Waals surface area contributed by atoms with E-state index in [0.29, 0.717) is 17.6 Å². The van der Waals surface area contributed by atoms with Gasteiger partial charge in [0.2, 0.25) is 5.91 Å². The average Bonchev–Trinajstić information content (AvgIpc) is 2.57. The standard InChI is InChI=1S/C19H27NO3/c1-13-6-5-7-17(14(13)2)20-19(21)11-9-15-8-10-16(22-3)12-18(15)23-4/h8-14,17H,5-7H2,1-4H3,(H,20,21)/b11-9+. The number of amides is 1. The SMILES string of the molecule is COc1ccc(/C=C/C(=O)NC2CCCC(C)C2C)c(OC)c1. The lowest BCUT2D eigenvalue weighted by Crippen LogP contribution is -2.43. The minimum atomic E-state index is -0.0474. The molecule has 0 aliphatic heterocycles. The van der Waals surface area contributed by atoms with Gasteiger partial charge in [0, 0.05) is 23.7 Å². The van der Waals surface area contributed by atoms with Crippen molar-refractivity contribution >= 4 is 12.0 Å². The van der Waals surface area contributed by atoms with Crippen LogP contribution in [0.4, 0.5) is 0 Å². The summed E-state index contributed by atoms with van der Waals surface area (Å²) in [6.45, 7) is 4.49. The molecule has 126 valence electrons. The van der Waals surface area contributed by atoms with Gasteiger partial charge in [-0.25, -0.2) is 0 Å². The first-order valence-corrected chi connectivity index (χ1v) is 8.25. The van der Waals surface area contributed by atoms with Crippen LogP contribution in [0.2, 0.25) is 0 Å². The molecule has 0 aromatic heterocycles. The number of hydrogen-bond acceptors (Lipinski definition) is 3. The van der Waals surface area contributed by atoms with Gasteiger partial charge in [-0.2, -0.15) is 0 Å². The summed E-state index contributed by atoms with van der Waals surface area (Å²) in [6.07, 6.45) is 6.87. The molecule has 0 bridgehead atoms. The molecule has 3 unspecified atom stereocenters. The van der Waals surface area contributed by atoms with Crippen molar-refractivity contribution in [3.63, 3.8) is 0 Å². The Labute approximate surface area is 138 Å². The molecular formula is C19H27NO3. The molecule has 4 nitrogen and oxygen atoms in total. The van der Waals surface area contributed by atoms with Crippen molar-refractivity contribution in [3.8, 4) is 11.5 Å². The smallest absolute Gasteiger partial charge is 0.244 e. The first-order valence-electron chi connectivity index (χ1n) is 8.25. The molecule has 0 saturated heterocycles. The fourth-order valence-corrected chi connectivity index (χ4v) is 3.14. The van der Waals surface area contributed by atoms with Crippen LogP contribution in [0.25, 0.3) is 6.08 Å². The third-order valence-electron chi connectivity index (χ3n) is 4.89. The Morgan fingerprint density at radius 1 is 1.22 bits per heavy atom. The topological polar surface area (TPSA) is 47.6 Å². The van der Waals surface area contributed by atoms with Gasteiger partial charge in [-0.1, -0.05) is 26.7 Å². The molecule has 3 atom stereocenters. The Bertz CT molecular complexity index is 568. The van der Waals surface area contributed by atoms with Crippen LogP contribution >= 0.6 is 0 Å². The van der Waals surface area contributed by atoms with E-state index in [1.54, 1.807) is 26.4 Å². The Hall–Kier alpha value is -1.97. The van der Waals surface area contributed by atoms with Crippen molar-refractivity contribution in [3.05, 3.63) is 29.8 Å². The lowest BCUT2D eigenvalue weighted by atomic mass is 9.78. The van der Waals surface area contributed by atoms with Gasteiger partial charge in [0.1, 0.15) is 11.5 Å². The molecule has 4 heteroatoms. The van der Waals surface area contributed by atoms with Crippen molar-refractivity contribution < 1.29 is 14.3 Å². The highest BCUT2D eigenvalue weighted by molar-refractivity contribution is 5.92. The number of benzene rings is 1. The quantitative estimate of drug-likeness (QED) is 0.843. The average molecular weight is 317 g/mol. The van der Waals surface area contributed by atoms with E-state index in [0.717, 1.165) is 17.7 Å². The number of rotatable bonds is 5. The van der Waals surface area contributed by atoms with E-state index in [1.165, 1.54) is 12.8 Å². The Morgan fingerprint density at radius 3 is 2.70 bits per heavy atom. The van der Waals surface area contributed by atoms with E-state index in [9.17, 15) is 4.79 Å². The Kier molecular flexibility index (Phi) is 6.08. The lowest BCUT2D eigenvalue weighted by Gasteiger charge is -2.34. The van der Waals surface area contributed by atoms with Gasteiger partial charge in [-0.3, -0.25) is 4.79 Å². The number of carbonyl (C=O) groups excluding carboxylic acids is 1. The predicted octanol–water partition coefficient (Wildman–Crippen LogP) is 3.66. The van der Waals surface area contributed by atoms with Gasteiger partial charge >= 0.3 is 0 Å². The number of ether oxygens (including phenoxy) is 2. The molecule has 0 spiro atoms. The fraction of sp³-hybridized carbons (Fsp3) is 0.526. The van der Waals surface area contributed by atoms with Gasteiger partial charge in [0.05, 0.1) is 14.2 Å². The van der Waals surface area contributed by atoms with Gasteiger partial charge < -0.3 is 14.8 Å². The van der Waals surface area contributed by atoms with Crippen LogP contribution in [0.5, 0.6) is 11.5 Å². The maximum Gasteiger partial charge on any atom is 0.244 e. The number of carbonyl (C=O) groups is 1. The third-order valence-corrected chi connectivity index (χ3v) is 4.89. The molecule has 1 aliphatic rings. The zero-order chi connectivity index (χ0) is 16.8. The molecule has 1 fully saturated rings. The van der Waals surface area contributed by atoms with E-state index < -0.39 is 0 Å². The summed E-state index contributed by atoms with van der Waals surface area (Å²) in [4.78, 5) is 12.2. The van der Waals surface area contributed by atoms with Crippen molar-refractivity contribution in [2.45, 2.75) is 39.2 Å². The molecule has 1 saturated carbocycles. The van der Waals surface area contributed by atoms with Crippen LogP contribution in [0, 0.1) is 11.8 Å². The monoisotopic (exact) mass is 317 g/mol. The summed E-state index contributed by atoms with van der Waals surface area (Å²) in [5.41, 5.74) is 0.855. The van der Waals surface area contributed by atoms with E-state index in [-0.39, 0.29) is 11.9 Å². The molecule has 23 heavy (non-hydrogen) atoms. The molecular weight excluding hydrogens is 290 g/mol. The maximum absolute atomic E-state index is 12.2. The van der Waals surface area contributed by atoms with Crippen molar-refractivity contribution in [2.75, 3.05) is 14.2 Å². The van der Waals surface area contributed by atoms with Crippen LogP contribution in [0.3, 0.4) is 0 Å². The second-order valence-electron chi connectivity index (χ2n) is 6.32. The molecule has 0 radical (unpaired) electrons. The van der Waals surface area contributed by atoms with Crippen molar-refractivity contribution in [1.29, 1.82) is 0 Å². The highest BCUT2D eigenvalue weighted by Crippen LogP contribution is 2.29. The molecule has 1 aromatic carbocycles. The third kappa shape index (κ3) is 4.50. The molecule has 2 rings (SSSR count). The molecule has 1 N–H and O–H groups in total. The first kappa shape index (κ1) is 17.4. The van der Waals surface area contributed by atoms with Crippen LogP contribution in [-0.2, 0) is 4.79 Å². The molecule has 1 aliphatic carbocycles.